The normalized spacial score (nSPS) is 16.5. The maximum atomic E-state index is 12.3. The van der Waals surface area contributed by atoms with Crippen LogP contribution in [0.5, 0.6) is 0 Å². The summed E-state index contributed by atoms with van der Waals surface area (Å²) in [5, 5.41) is 2.09. The van der Waals surface area contributed by atoms with Crippen molar-refractivity contribution in [2.75, 3.05) is 26.2 Å². The van der Waals surface area contributed by atoms with Crippen LogP contribution in [-0.4, -0.2) is 59.9 Å². The van der Waals surface area contributed by atoms with E-state index < -0.39 is 18.0 Å². The van der Waals surface area contributed by atoms with Gasteiger partial charge in [0, 0.05) is 32.6 Å². The Morgan fingerprint density at radius 3 is 2.33 bits per heavy atom. The smallest absolute Gasteiger partial charge is 0.318 e. The fourth-order valence-electron chi connectivity index (χ4n) is 2.80. The predicted octanol–water partition coefficient (Wildman–Crippen LogP) is 0.347. The van der Waals surface area contributed by atoms with Gasteiger partial charge in [-0.05, 0) is 18.9 Å². The van der Waals surface area contributed by atoms with Crippen LogP contribution in [0.1, 0.15) is 18.9 Å². The third-order valence-electron chi connectivity index (χ3n) is 4.31. The lowest BCUT2D eigenvalue weighted by atomic mass is 10.1. The molecule has 0 aliphatic carbocycles. The molecule has 0 unspecified atom stereocenters. The van der Waals surface area contributed by atoms with Crippen molar-refractivity contribution in [1.29, 1.82) is 0 Å². The number of hydrogen-bond acceptors (Lipinski definition) is 4. The Morgan fingerprint density at radius 1 is 1.12 bits per heavy atom. The van der Waals surface area contributed by atoms with Gasteiger partial charge in [-0.1, -0.05) is 30.3 Å². The van der Waals surface area contributed by atoms with Crippen molar-refractivity contribution in [3.05, 3.63) is 35.9 Å². The molecule has 130 valence electrons. The minimum absolute atomic E-state index is 0.132. The van der Waals surface area contributed by atoms with Crippen molar-refractivity contribution in [3.8, 4) is 0 Å². The number of nitrogens with zero attached hydrogens (tertiary/aromatic N) is 2. The van der Waals surface area contributed by atoms with E-state index in [1.165, 1.54) is 0 Å². The third-order valence-corrected chi connectivity index (χ3v) is 4.31. The number of aryl methyl sites for hydroxylation is 1. The number of urea groups is 1. The average molecular weight is 332 g/mol. The molecule has 0 radical (unpaired) electrons. The number of nitrogens with two attached hydrogens (primary N) is 1. The molecule has 0 spiro atoms. The highest BCUT2D eigenvalue weighted by Gasteiger charge is 2.27. The summed E-state index contributed by atoms with van der Waals surface area (Å²) in [5.41, 5.74) is 6.12. The zero-order valence-electron chi connectivity index (χ0n) is 13.9. The molecular weight excluding hydrogens is 308 g/mol. The van der Waals surface area contributed by atoms with Crippen LogP contribution < -0.4 is 11.1 Å². The summed E-state index contributed by atoms with van der Waals surface area (Å²) in [6, 6.07) is 8.64. The maximum Gasteiger partial charge on any atom is 0.318 e. The number of carbonyl (C=O) groups is 3. The quantitative estimate of drug-likeness (QED) is 0.813. The highest BCUT2D eigenvalue weighted by atomic mass is 16.2. The highest BCUT2D eigenvalue weighted by molar-refractivity contribution is 5.96. The molecule has 1 heterocycles. The lowest BCUT2D eigenvalue weighted by Gasteiger charge is -2.37. The standard InChI is InChI=1S/C17H24N4O3/c1-13(16(23)19-17(18)24)20-9-11-21(12-10-20)15(22)8-7-14-5-3-2-4-6-14/h2-6,13H,7-12H2,1H3,(H3,18,19,23,24)/t13-/m1/s1. The molecule has 3 N–H and O–H groups in total. The zero-order valence-corrected chi connectivity index (χ0v) is 13.9. The molecule has 0 saturated carbocycles. The topological polar surface area (TPSA) is 95.7 Å². The summed E-state index contributed by atoms with van der Waals surface area (Å²) < 4.78 is 0. The Kier molecular flexibility index (Phi) is 6.31. The molecule has 1 aliphatic rings. The van der Waals surface area contributed by atoms with E-state index in [-0.39, 0.29) is 5.91 Å². The molecule has 7 heteroatoms. The molecule has 1 aliphatic heterocycles. The van der Waals surface area contributed by atoms with E-state index in [9.17, 15) is 14.4 Å². The predicted molar refractivity (Wildman–Crippen MR) is 90.1 cm³/mol. The molecule has 1 aromatic rings. The average Bonchev–Trinajstić information content (AvgIpc) is 2.59. The van der Waals surface area contributed by atoms with Gasteiger partial charge < -0.3 is 10.6 Å². The van der Waals surface area contributed by atoms with Gasteiger partial charge in [0.05, 0.1) is 6.04 Å². The van der Waals surface area contributed by atoms with Gasteiger partial charge in [0.1, 0.15) is 0 Å². The van der Waals surface area contributed by atoms with Gasteiger partial charge in [-0.2, -0.15) is 0 Å². The third kappa shape index (κ3) is 5.06. The van der Waals surface area contributed by atoms with Crippen LogP contribution in [0.15, 0.2) is 30.3 Å². The molecule has 1 atom stereocenters. The van der Waals surface area contributed by atoms with Gasteiger partial charge in [-0.15, -0.1) is 0 Å². The molecule has 4 amide bonds. The van der Waals surface area contributed by atoms with E-state index in [1.54, 1.807) is 6.92 Å². The number of amides is 4. The number of nitrogens with one attached hydrogen (secondary N) is 1. The van der Waals surface area contributed by atoms with E-state index in [4.69, 9.17) is 5.73 Å². The fourth-order valence-corrected chi connectivity index (χ4v) is 2.80. The Balaban J connectivity index is 1.76. The van der Waals surface area contributed by atoms with E-state index in [0.29, 0.717) is 32.6 Å². The summed E-state index contributed by atoms with van der Waals surface area (Å²) in [6.45, 7) is 4.10. The second kappa shape index (κ2) is 8.44. The molecule has 7 nitrogen and oxygen atoms in total. The number of piperazine rings is 1. The first-order valence-corrected chi connectivity index (χ1v) is 8.13. The van der Waals surface area contributed by atoms with Crippen LogP contribution in [0, 0.1) is 0 Å². The first kappa shape index (κ1) is 17.9. The van der Waals surface area contributed by atoms with Gasteiger partial charge in [-0.25, -0.2) is 4.79 Å². The highest BCUT2D eigenvalue weighted by Crippen LogP contribution is 2.10. The van der Waals surface area contributed by atoms with Crippen LogP contribution in [-0.2, 0) is 16.0 Å². The second-order valence-corrected chi connectivity index (χ2v) is 5.93. The Labute approximate surface area is 141 Å². The Morgan fingerprint density at radius 2 is 1.75 bits per heavy atom. The Bertz CT molecular complexity index is 583. The van der Waals surface area contributed by atoms with E-state index in [0.717, 1.165) is 12.0 Å². The van der Waals surface area contributed by atoms with Crippen molar-refractivity contribution in [2.24, 2.45) is 5.73 Å². The van der Waals surface area contributed by atoms with Crippen LogP contribution in [0.25, 0.3) is 0 Å². The molecule has 1 fully saturated rings. The SMILES string of the molecule is C[C@H](C(=O)NC(N)=O)N1CCN(C(=O)CCc2ccccc2)CC1. The summed E-state index contributed by atoms with van der Waals surface area (Å²) in [4.78, 5) is 38.6. The lowest BCUT2D eigenvalue weighted by molar-refractivity contribution is -0.134. The summed E-state index contributed by atoms with van der Waals surface area (Å²) in [6.07, 6.45) is 1.22. The van der Waals surface area contributed by atoms with Crippen LogP contribution >= 0.6 is 0 Å². The largest absolute Gasteiger partial charge is 0.351 e. The van der Waals surface area contributed by atoms with Crippen molar-refractivity contribution < 1.29 is 14.4 Å². The number of hydrogen-bond donors (Lipinski definition) is 2. The summed E-state index contributed by atoms with van der Waals surface area (Å²) in [7, 11) is 0. The monoisotopic (exact) mass is 332 g/mol. The van der Waals surface area contributed by atoms with E-state index >= 15 is 0 Å². The van der Waals surface area contributed by atoms with Crippen LogP contribution in [0.4, 0.5) is 4.79 Å². The first-order valence-electron chi connectivity index (χ1n) is 8.13. The lowest BCUT2D eigenvalue weighted by Crippen LogP contribution is -2.56. The van der Waals surface area contributed by atoms with Crippen molar-refractivity contribution in [2.45, 2.75) is 25.8 Å². The maximum absolute atomic E-state index is 12.3. The van der Waals surface area contributed by atoms with Crippen molar-refractivity contribution >= 4 is 17.8 Å². The van der Waals surface area contributed by atoms with E-state index in [1.807, 2.05) is 40.1 Å². The van der Waals surface area contributed by atoms with Gasteiger partial charge in [0.2, 0.25) is 11.8 Å². The van der Waals surface area contributed by atoms with Gasteiger partial charge in [-0.3, -0.25) is 19.8 Å². The molecule has 0 bridgehead atoms. The number of rotatable bonds is 5. The summed E-state index contributed by atoms with van der Waals surface area (Å²) in [5.74, 6) is -0.279. The van der Waals surface area contributed by atoms with Crippen LogP contribution in [0.3, 0.4) is 0 Å². The minimum atomic E-state index is -0.846. The molecule has 1 aromatic carbocycles. The first-order chi connectivity index (χ1) is 11.5. The van der Waals surface area contributed by atoms with E-state index in [2.05, 4.69) is 5.32 Å². The molecule has 1 saturated heterocycles. The number of primary amides is 1. The van der Waals surface area contributed by atoms with Gasteiger partial charge in [0.25, 0.3) is 0 Å². The van der Waals surface area contributed by atoms with Crippen molar-refractivity contribution in [3.63, 3.8) is 0 Å². The van der Waals surface area contributed by atoms with Crippen LogP contribution in [0.2, 0.25) is 0 Å². The van der Waals surface area contributed by atoms with Gasteiger partial charge >= 0.3 is 6.03 Å². The molecule has 2 rings (SSSR count). The zero-order chi connectivity index (χ0) is 17.5. The fraction of sp³-hybridized carbons (Fsp3) is 0.471. The summed E-state index contributed by atoms with van der Waals surface area (Å²) >= 11 is 0. The Hall–Kier alpha value is -2.41. The number of carbonyl (C=O) groups excluding carboxylic acids is 3. The number of benzene rings is 1. The van der Waals surface area contributed by atoms with Crippen molar-refractivity contribution in [1.82, 2.24) is 15.1 Å². The minimum Gasteiger partial charge on any atom is -0.351 e. The molecule has 24 heavy (non-hydrogen) atoms. The molecular formula is C17H24N4O3. The molecule has 0 aromatic heterocycles. The second-order valence-electron chi connectivity index (χ2n) is 5.93. The number of imide groups is 1. The van der Waals surface area contributed by atoms with Gasteiger partial charge in [0.15, 0.2) is 0 Å².